The standard InChI is InChI=1S/C12H14BrN3S/c1-7(2)12-15-9(6-10(14-3)16-12)11-8(13)4-5-17-11/h4-7H,1-3H3,(H,14,15,16). The van der Waals surface area contributed by atoms with Crippen LogP contribution in [0.1, 0.15) is 25.6 Å². The molecule has 0 saturated carbocycles. The number of hydrogen-bond acceptors (Lipinski definition) is 4. The lowest BCUT2D eigenvalue weighted by atomic mass is 10.2. The predicted molar refractivity (Wildman–Crippen MR) is 76.7 cm³/mol. The van der Waals surface area contributed by atoms with Gasteiger partial charge >= 0.3 is 0 Å². The molecule has 0 aliphatic heterocycles. The molecule has 5 heteroatoms. The van der Waals surface area contributed by atoms with Crippen molar-refractivity contribution >= 4 is 33.1 Å². The molecular weight excluding hydrogens is 298 g/mol. The van der Waals surface area contributed by atoms with Crippen LogP contribution >= 0.6 is 27.3 Å². The van der Waals surface area contributed by atoms with Crippen LogP contribution in [0.25, 0.3) is 10.6 Å². The summed E-state index contributed by atoms with van der Waals surface area (Å²) in [6.07, 6.45) is 0. The quantitative estimate of drug-likeness (QED) is 0.926. The summed E-state index contributed by atoms with van der Waals surface area (Å²) in [6.45, 7) is 4.20. The van der Waals surface area contributed by atoms with Crippen molar-refractivity contribution in [3.8, 4) is 10.6 Å². The maximum absolute atomic E-state index is 4.61. The highest BCUT2D eigenvalue weighted by atomic mass is 79.9. The number of anilines is 1. The van der Waals surface area contributed by atoms with Gasteiger partial charge in [0.1, 0.15) is 11.6 Å². The van der Waals surface area contributed by atoms with E-state index in [1.165, 1.54) is 0 Å². The Bertz CT molecular complexity index is 522. The molecule has 0 aliphatic carbocycles. The highest BCUT2D eigenvalue weighted by Gasteiger charge is 2.11. The van der Waals surface area contributed by atoms with Gasteiger partial charge in [0.05, 0.1) is 10.6 Å². The Morgan fingerprint density at radius 2 is 2.12 bits per heavy atom. The van der Waals surface area contributed by atoms with Crippen molar-refractivity contribution in [1.29, 1.82) is 0 Å². The van der Waals surface area contributed by atoms with Crippen LogP contribution in [-0.2, 0) is 0 Å². The lowest BCUT2D eigenvalue weighted by Crippen LogP contribution is -2.02. The zero-order chi connectivity index (χ0) is 12.4. The largest absolute Gasteiger partial charge is 0.373 e. The molecule has 2 aromatic heterocycles. The Kier molecular flexibility index (Phi) is 3.79. The molecule has 2 rings (SSSR count). The summed E-state index contributed by atoms with van der Waals surface area (Å²) in [4.78, 5) is 10.2. The van der Waals surface area contributed by atoms with Crippen molar-refractivity contribution in [3.05, 3.63) is 27.8 Å². The molecule has 0 saturated heterocycles. The Morgan fingerprint density at radius 3 is 2.65 bits per heavy atom. The van der Waals surface area contributed by atoms with Gasteiger partial charge in [-0.15, -0.1) is 11.3 Å². The summed E-state index contributed by atoms with van der Waals surface area (Å²) in [5, 5.41) is 5.13. The van der Waals surface area contributed by atoms with Crippen molar-refractivity contribution in [2.24, 2.45) is 0 Å². The maximum Gasteiger partial charge on any atom is 0.133 e. The molecule has 0 aromatic carbocycles. The van der Waals surface area contributed by atoms with E-state index >= 15 is 0 Å². The normalized spacial score (nSPS) is 10.9. The first-order valence-electron chi connectivity index (χ1n) is 5.42. The number of thiophene rings is 1. The van der Waals surface area contributed by atoms with Gasteiger partial charge < -0.3 is 5.32 Å². The minimum Gasteiger partial charge on any atom is -0.373 e. The van der Waals surface area contributed by atoms with Crippen LogP contribution in [0.15, 0.2) is 22.0 Å². The fourth-order valence-electron chi connectivity index (χ4n) is 1.44. The zero-order valence-corrected chi connectivity index (χ0v) is 12.4. The van der Waals surface area contributed by atoms with Gasteiger partial charge in [0.15, 0.2) is 0 Å². The number of hydrogen-bond donors (Lipinski definition) is 1. The van der Waals surface area contributed by atoms with Gasteiger partial charge in [0, 0.05) is 23.5 Å². The van der Waals surface area contributed by atoms with Gasteiger partial charge in [-0.2, -0.15) is 0 Å². The van der Waals surface area contributed by atoms with Crippen LogP contribution in [0.5, 0.6) is 0 Å². The molecule has 0 unspecified atom stereocenters. The average Bonchev–Trinajstić information content (AvgIpc) is 2.74. The molecule has 3 nitrogen and oxygen atoms in total. The van der Waals surface area contributed by atoms with Crippen LogP contribution < -0.4 is 5.32 Å². The van der Waals surface area contributed by atoms with E-state index in [0.717, 1.165) is 26.7 Å². The van der Waals surface area contributed by atoms with E-state index in [-0.39, 0.29) is 0 Å². The Morgan fingerprint density at radius 1 is 1.35 bits per heavy atom. The van der Waals surface area contributed by atoms with Crippen molar-refractivity contribution in [2.45, 2.75) is 19.8 Å². The Balaban J connectivity index is 2.54. The molecule has 0 radical (unpaired) electrons. The van der Waals surface area contributed by atoms with Gasteiger partial charge in [-0.1, -0.05) is 13.8 Å². The van der Waals surface area contributed by atoms with Crippen LogP contribution in [-0.4, -0.2) is 17.0 Å². The van der Waals surface area contributed by atoms with E-state index in [1.807, 2.05) is 19.2 Å². The first kappa shape index (κ1) is 12.5. The van der Waals surface area contributed by atoms with Gasteiger partial charge in [-0.05, 0) is 27.4 Å². The SMILES string of the molecule is CNc1cc(-c2sccc2Br)nc(C(C)C)n1. The van der Waals surface area contributed by atoms with E-state index in [4.69, 9.17) is 0 Å². The Hall–Kier alpha value is -0.940. The zero-order valence-electron chi connectivity index (χ0n) is 9.99. The molecular formula is C12H14BrN3S. The fraction of sp³-hybridized carbons (Fsp3) is 0.333. The molecule has 0 aliphatic rings. The summed E-state index contributed by atoms with van der Waals surface area (Å²) in [5.74, 6) is 2.05. The number of nitrogens with zero attached hydrogens (tertiary/aromatic N) is 2. The van der Waals surface area contributed by atoms with Crippen molar-refractivity contribution < 1.29 is 0 Å². The number of aromatic nitrogens is 2. The molecule has 2 heterocycles. The molecule has 0 fully saturated rings. The van der Waals surface area contributed by atoms with Crippen LogP contribution in [0.4, 0.5) is 5.82 Å². The Labute approximate surface area is 113 Å². The van der Waals surface area contributed by atoms with E-state index in [2.05, 4.69) is 50.4 Å². The molecule has 0 bridgehead atoms. The summed E-state index contributed by atoms with van der Waals surface area (Å²) < 4.78 is 1.08. The summed E-state index contributed by atoms with van der Waals surface area (Å²) in [5.41, 5.74) is 0.968. The number of nitrogens with one attached hydrogen (secondary N) is 1. The van der Waals surface area contributed by atoms with Crippen LogP contribution in [0.2, 0.25) is 0 Å². The summed E-state index contributed by atoms with van der Waals surface area (Å²) in [6, 6.07) is 4.01. The molecule has 2 aromatic rings. The topological polar surface area (TPSA) is 37.8 Å². The third kappa shape index (κ3) is 2.66. The first-order chi connectivity index (χ1) is 8.11. The van der Waals surface area contributed by atoms with E-state index in [1.54, 1.807) is 11.3 Å². The lowest BCUT2D eigenvalue weighted by Gasteiger charge is -2.09. The second-order valence-corrected chi connectivity index (χ2v) is 5.77. The summed E-state index contributed by atoms with van der Waals surface area (Å²) >= 11 is 5.22. The van der Waals surface area contributed by atoms with Crippen LogP contribution in [0, 0.1) is 0 Å². The van der Waals surface area contributed by atoms with E-state index < -0.39 is 0 Å². The minimum atomic E-state index is 0.320. The van der Waals surface area contributed by atoms with Crippen LogP contribution in [0.3, 0.4) is 0 Å². The molecule has 0 spiro atoms. The molecule has 90 valence electrons. The highest BCUT2D eigenvalue weighted by Crippen LogP contribution is 2.33. The van der Waals surface area contributed by atoms with Crippen molar-refractivity contribution in [2.75, 3.05) is 12.4 Å². The van der Waals surface area contributed by atoms with Gasteiger partial charge in [-0.25, -0.2) is 9.97 Å². The minimum absolute atomic E-state index is 0.320. The lowest BCUT2D eigenvalue weighted by molar-refractivity contribution is 0.778. The maximum atomic E-state index is 4.61. The second-order valence-electron chi connectivity index (χ2n) is 4.00. The monoisotopic (exact) mass is 311 g/mol. The van der Waals surface area contributed by atoms with Crippen molar-refractivity contribution in [3.63, 3.8) is 0 Å². The van der Waals surface area contributed by atoms with E-state index in [0.29, 0.717) is 5.92 Å². The average molecular weight is 312 g/mol. The molecule has 0 amide bonds. The third-order valence-corrected chi connectivity index (χ3v) is 4.23. The van der Waals surface area contributed by atoms with Gasteiger partial charge in [-0.3, -0.25) is 0 Å². The van der Waals surface area contributed by atoms with Gasteiger partial charge in [0.2, 0.25) is 0 Å². The number of rotatable bonds is 3. The number of halogens is 1. The molecule has 0 atom stereocenters. The third-order valence-electron chi connectivity index (χ3n) is 2.37. The fourth-order valence-corrected chi connectivity index (χ4v) is 2.98. The van der Waals surface area contributed by atoms with Gasteiger partial charge in [0.25, 0.3) is 0 Å². The highest BCUT2D eigenvalue weighted by molar-refractivity contribution is 9.10. The predicted octanol–water partition coefficient (Wildman–Crippen LogP) is 4.13. The van der Waals surface area contributed by atoms with Crippen molar-refractivity contribution in [1.82, 2.24) is 9.97 Å². The summed E-state index contributed by atoms with van der Waals surface area (Å²) in [7, 11) is 1.87. The second kappa shape index (κ2) is 5.14. The van der Waals surface area contributed by atoms with E-state index in [9.17, 15) is 0 Å². The molecule has 17 heavy (non-hydrogen) atoms. The first-order valence-corrected chi connectivity index (χ1v) is 7.09. The molecule has 1 N–H and O–H groups in total. The smallest absolute Gasteiger partial charge is 0.133 e.